The lowest BCUT2D eigenvalue weighted by molar-refractivity contribution is -0.147. The number of hydrogen-bond donors (Lipinski definition) is 1. The Morgan fingerprint density at radius 1 is 0.719 bits per heavy atom. The summed E-state index contributed by atoms with van der Waals surface area (Å²) in [5.41, 5.74) is 2.80. The first-order valence-corrected chi connectivity index (χ1v) is 10.3. The third-order valence-corrected chi connectivity index (χ3v) is 5.36. The fraction of sp³-hybridized carbons (Fsp3) is 0.269. The second kappa shape index (κ2) is 11.3. The molecule has 0 fully saturated rings. The third-order valence-electron chi connectivity index (χ3n) is 5.36. The van der Waals surface area contributed by atoms with E-state index in [1.165, 1.54) is 7.11 Å². The quantitative estimate of drug-likeness (QED) is 0.479. The molecular formula is C26H29NO5. The molecule has 0 saturated heterocycles. The first kappa shape index (κ1) is 23.3. The van der Waals surface area contributed by atoms with Crippen molar-refractivity contribution in [1.82, 2.24) is 5.32 Å². The van der Waals surface area contributed by atoms with E-state index in [-0.39, 0.29) is 6.04 Å². The van der Waals surface area contributed by atoms with Gasteiger partial charge >= 0.3 is 5.97 Å². The fourth-order valence-corrected chi connectivity index (χ4v) is 3.76. The van der Waals surface area contributed by atoms with E-state index in [1.807, 2.05) is 72.8 Å². The predicted molar refractivity (Wildman–Crippen MR) is 123 cm³/mol. The molecule has 3 rings (SSSR count). The molecule has 3 aromatic rings. The number of rotatable bonds is 10. The second-order valence-electron chi connectivity index (χ2n) is 7.19. The monoisotopic (exact) mass is 435 g/mol. The Balaban J connectivity index is 2.03. The molecule has 0 spiro atoms. The Bertz CT molecular complexity index is 954. The number of nitrogens with one attached hydrogen (secondary N) is 1. The van der Waals surface area contributed by atoms with Crippen molar-refractivity contribution >= 4 is 5.97 Å². The largest absolute Gasteiger partial charge is 0.493 e. The Morgan fingerprint density at radius 2 is 1.28 bits per heavy atom. The van der Waals surface area contributed by atoms with Crippen molar-refractivity contribution in [1.29, 1.82) is 0 Å². The first-order chi connectivity index (χ1) is 15.6. The van der Waals surface area contributed by atoms with Crippen molar-refractivity contribution in [2.75, 3.05) is 28.4 Å². The molecule has 168 valence electrons. The van der Waals surface area contributed by atoms with Crippen LogP contribution >= 0.6 is 0 Å². The number of benzene rings is 3. The van der Waals surface area contributed by atoms with Crippen LogP contribution in [0.2, 0.25) is 0 Å². The van der Waals surface area contributed by atoms with E-state index in [0.717, 1.165) is 16.7 Å². The van der Waals surface area contributed by atoms with Gasteiger partial charge in [-0.1, -0.05) is 66.7 Å². The average Bonchev–Trinajstić information content (AvgIpc) is 2.86. The van der Waals surface area contributed by atoms with Crippen LogP contribution in [0.4, 0.5) is 0 Å². The maximum Gasteiger partial charge on any atom is 0.325 e. The number of carbonyl (C=O) groups is 1. The Hall–Kier alpha value is -3.35. The van der Waals surface area contributed by atoms with Crippen LogP contribution in [0.5, 0.6) is 11.5 Å². The molecule has 0 radical (unpaired) electrons. The number of methoxy groups -OCH3 is 4. The maximum absolute atomic E-state index is 12.9. The van der Waals surface area contributed by atoms with Crippen LogP contribution in [0.15, 0.2) is 78.9 Å². The molecule has 6 nitrogen and oxygen atoms in total. The molecule has 6 heteroatoms. The van der Waals surface area contributed by atoms with Gasteiger partial charge in [0.05, 0.1) is 27.4 Å². The molecule has 0 saturated carbocycles. The normalized spacial score (nSPS) is 12.8. The maximum atomic E-state index is 12.9. The summed E-state index contributed by atoms with van der Waals surface area (Å²) in [5.74, 6) is 0.724. The summed E-state index contributed by atoms with van der Waals surface area (Å²) in [7, 11) is 6.09. The highest BCUT2D eigenvalue weighted by Crippen LogP contribution is 2.33. The molecule has 3 aromatic carbocycles. The summed E-state index contributed by atoms with van der Waals surface area (Å²) in [5, 5.41) is 3.48. The predicted octanol–water partition coefficient (Wildman–Crippen LogP) is 4.31. The Kier molecular flexibility index (Phi) is 8.25. The number of ether oxygens (including phenoxy) is 4. The molecule has 0 amide bonds. The minimum absolute atomic E-state index is 0.251. The minimum Gasteiger partial charge on any atom is -0.493 e. The van der Waals surface area contributed by atoms with Crippen LogP contribution in [-0.4, -0.2) is 40.5 Å². The molecule has 0 aliphatic carbocycles. The summed E-state index contributed by atoms with van der Waals surface area (Å²) in [6, 6.07) is 24.3. The topological polar surface area (TPSA) is 66.0 Å². The highest BCUT2D eigenvalue weighted by molar-refractivity contribution is 5.77. The number of hydrogen-bond acceptors (Lipinski definition) is 6. The van der Waals surface area contributed by atoms with Gasteiger partial charge in [0, 0.05) is 7.11 Å². The zero-order chi connectivity index (χ0) is 22.9. The van der Waals surface area contributed by atoms with Gasteiger partial charge in [0.2, 0.25) is 0 Å². The summed E-state index contributed by atoms with van der Waals surface area (Å²) in [6.45, 7) is 0. The molecule has 0 bridgehead atoms. The van der Waals surface area contributed by atoms with Gasteiger partial charge in [0.1, 0.15) is 12.1 Å². The van der Waals surface area contributed by atoms with Gasteiger partial charge in [0.15, 0.2) is 11.5 Å². The third kappa shape index (κ3) is 5.28. The van der Waals surface area contributed by atoms with Crippen molar-refractivity contribution in [2.45, 2.75) is 18.2 Å². The minimum atomic E-state index is -0.784. The Morgan fingerprint density at radius 3 is 1.75 bits per heavy atom. The molecule has 0 aliphatic heterocycles. The van der Waals surface area contributed by atoms with Crippen LogP contribution in [0, 0.1) is 0 Å². The molecule has 0 heterocycles. The van der Waals surface area contributed by atoms with Crippen LogP contribution in [-0.2, 0) is 14.3 Å². The molecule has 0 aromatic heterocycles. The van der Waals surface area contributed by atoms with E-state index in [1.54, 1.807) is 27.4 Å². The molecule has 32 heavy (non-hydrogen) atoms. The highest BCUT2D eigenvalue weighted by atomic mass is 16.5. The van der Waals surface area contributed by atoms with Gasteiger partial charge in [-0.15, -0.1) is 0 Å². The van der Waals surface area contributed by atoms with Crippen molar-refractivity contribution in [3.63, 3.8) is 0 Å². The summed E-state index contributed by atoms with van der Waals surface area (Å²) >= 11 is 0. The lowest BCUT2D eigenvalue weighted by Crippen LogP contribution is -2.45. The molecule has 2 atom stereocenters. The smallest absolute Gasteiger partial charge is 0.325 e. The SMILES string of the molecule is COC(=O)C(NC(c1ccccc1)c1ccccc1)C(OC)c1ccc(OC)c(OC)c1. The van der Waals surface area contributed by atoms with Gasteiger partial charge in [-0.2, -0.15) is 0 Å². The van der Waals surface area contributed by atoms with E-state index >= 15 is 0 Å². The Labute approximate surface area is 189 Å². The van der Waals surface area contributed by atoms with Gasteiger partial charge in [-0.25, -0.2) is 0 Å². The van der Waals surface area contributed by atoms with E-state index in [9.17, 15) is 4.79 Å². The fourth-order valence-electron chi connectivity index (χ4n) is 3.76. The van der Waals surface area contributed by atoms with Gasteiger partial charge in [-0.3, -0.25) is 10.1 Å². The van der Waals surface area contributed by atoms with E-state index in [0.29, 0.717) is 11.5 Å². The number of carbonyl (C=O) groups excluding carboxylic acids is 1. The lowest BCUT2D eigenvalue weighted by atomic mass is 9.95. The van der Waals surface area contributed by atoms with Crippen molar-refractivity contribution in [3.05, 3.63) is 95.6 Å². The standard InChI is InChI=1S/C26H29NO5/c1-29-21-16-15-20(17-22(21)30-2)25(31-3)24(26(28)32-4)27-23(18-11-7-5-8-12-18)19-13-9-6-10-14-19/h5-17,23-25,27H,1-4H3. The van der Waals surface area contributed by atoms with Crippen molar-refractivity contribution < 1.29 is 23.7 Å². The van der Waals surface area contributed by atoms with Crippen molar-refractivity contribution in [3.8, 4) is 11.5 Å². The summed E-state index contributed by atoms with van der Waals surface area (Å²) in [4.78, 5) is 12.9. The highest BCUT2D eigenvalue weighted by Gasteiger charge is 2.34. The molecule has 1 N–H and O–H groups in total. The van der Waals surface area contributed by atoms with Gasteiger partial charge in [-0.05, 0) is 28.8 Å². The van der Waals surface area contributed by atoms with E-state index < -0.39 is 18.1 Å². The lowest BCUT2D eigenvalue weighted by Gasteiger charge is -2.30. The molecular weight excluding hydrogens is 406 g/mol. The van der Waals surface area contributed by atoms with Crippen LogP contribution in [0.1, 0.15) is 28.8 Å². The summed E-state index contributed by atoms with van der Waals surface area (Å²) < 4.78 is 21.7. The second-order valence-corrected chi connectivity index (χ2v) is 7.19. The average molecular weight is 436 g/mol. The van der Waals surface area contributed by atoms with Crippen LogP contribution in [0.3, 0.4) is 0 Å². The first-order valence-electron chi connectivity index (χ1n) is 10.3. The van der Waals surface area contributed by atoms with Crippen LogP contribution < -0.4 is 14.8 Å². The van der Waals surface area contributed by atoms with Crippen molar-refractivity contribution in [2.24, 2.45) is 0 Å². The number of esters is 1. The zero-order valence-corrected chi connectivity index (χ0v) is 18.8. The molecule has 0 aliphatic rings. The zero-order valence-electron chi connectivity index (χ0n) is 18.8. The van der Waals surface area contributed by atoms with Gasteiger partial charge in [0.25, 0.3) is 0 Å². The molecule has 2 unspecified atom stereocenters. The summed E-state index contributed by atoms with van der Waals surface area (Å²) in [6.07, 6.45) is -0.628. The van der Waals surface area contributed by atoms with Gasteiger partial charge < -0.3 is 18.9 Å². The van der Waals surface area contributed by atoms with E-state index in [2.05, 4.69) is 5.32 Å². The van der Waals surface area contributed by atoms with E-state index in [4.69, 9.17) is 18.9 Å². The van der Waals surface area contributed by atoms with Crippen LogP contribution in [0.25, 0.3) is 0 Å².